The lowest BCUT2D eigenvalue weighted by atomic mass is 10.3. The topological polar surface area (TPSA) is 0 Å². The summed E-state index contributed by atoms with van der Waals surface area (Å²) in [6.45, 7) is 2.23. The Hall–Kier alpha value is -2.49. The van der Waals surface area contributed by atoms with E-state index in [4.69, 9.17) is 0 Å². The van der Waals surface area contributed by atoms with Gasteiger partial charge in [-0.2, -0.15) is 0 Å². The maximum atomic E-state index is 2.56. The zero-order valence-electron chi connectivity index (χ0n) is 23.0. The fraction of sp³-hybridized carbons (Fsp3) is 0.0857. The van der Waals surface area contributed by atoms with Gasteiger partial charge in [0.05, 0.1) is 4.21 Å². The SMILES string of the molecule is CCc1ccc(-c2ccc(-c3ccc(-c4cc5c(s4)-c4sc(SC)cc4[Si]5(c4ccccc4)c4ccccc4)s3)s2)s1. The Labute approximate surface area is 272 Å². The molecule has 1 aliphatic heterocycles. The number of benzene rings is 2. The van der Waals surface area contributed by atoms with E-state index in [2.05, 4.69) is 122 Å². The van der Waals surface area contributed by atoms with Crippen LogP contribution in [0.2, 0.25) is 0 Å². The minimum atomic E-state index is -2.41. The predicted molar refractivity (Wildman–Crippen MR) is 196 cm³/mol. The summed E-state index contributed by atoms with van der Waals surface area (Å²) < 4.78 is 1.41. The van der Waals surface area contributed by atoms with E-state index in [1.807, 2.05) is 68.4 Å². The molecule has 0 atom stereocenters. The molecule has 0 saturated carbocycles. The smallest absolute Gasteiger partial charge is 0.139 e. The summed E-state index contributed by atoms with van der Waals surface area (Å²) >= 11 is 11.6. The van der Waals surface area contributed by atoms with Crippen LogP contribution in [0.3, 0.4) is 0 Å². The lowest BCUT2D eigenvalue weighted by Crippen LogP contribution is -2.72. The summed E-state index contributed by atoms with van der Waals surface area (Å²) in [7, 11) is -2.41. The number of fused-ring (bicyclic) bond motifs is 3. The fourth-order valence-electron chi connectivity index (χ4n) is 6.09. The van der Waals surface area contributed by atoms with E-state index in [0.717, 1.165) is 6.42 Å². The number of thiophene rings is 5. The molecule has 0 fully saturated rings. The Morgan fingerprint density at radius 1 is 0.524 bits per heavy atom. The number of thioether (sulfide) groups is 1. The van der Waals surface area contributed by atoms with Crippen LogP contribution in [0.5, 0.6) is 0 Å². The molecule has 206 valence electrons. The van der Waals surface area contributed by atoms with Crippen LogP contribution in [-0.4, -0.2) is 14.3 Å². The first-order valence-corrected chi connectivity index (χ1v) is 21.2. The summed E-state index contributed by atoms with van der Waals surface area (Å²) in [5.74, 6) is 0. The average Bonchev–Trinajstić information content (AvgIpc) is 3.87. The molecule has 6 heterocycles. The van der Waals surface area contributed by atoms with Gasteiger partial charge >= 0.3 is 0 Å². The standard InChI is InChI=1S/C35H26S6Si/c1-3-22-14-15-25(37-22)26-16-17-27(38-26)28-18-19-29(39-28)30-20-31-34(40-30)35-32(21-33(36-2)41-35)42(31,23-10-6-4-7-11-23)24-12-8-5-9-13-24/h4-21H,3H2,1-2H3. The number of rotatable bonds is 7. The molecule has 5 aromatic heterocycles. The molecule has 0 saturated heterocycles. The third-order valence-electron chi connectivity index (χ3n) is 8.02. The monoisotopic (exact) mass is 666 g/mol. The second kappa shape index (κ2) is 10.9. The van der Waals surface area contributed by atoms with Gasteiger partial charge < -0.3 is 0 Å². The van der Waals surface area contributed by atoms with Crippen LogP contribution < -0.4 is 20.7 Å². The van der Waals surface area contributed by atoms with Crippen molar-refractivity contribution in [1.82, 2.24) is 0 Å². The van der Waals surface area contributed by atoms with Crippen LogP contribution in [0, 0.1) is 0 Å². The van der Waals surface area contributed by atoms with Crippen LogP contribution >= 0.6 is 68.4 Å². The van der Waals surface area contributed by atoms with Gasteiger partial charge in [-0.25, -0.2) is 0 Å². The summed E-state index contributed by atoms with van der Waals surface area (Å²) in [5, 5.41) is 6.08. The van der Waals surface area contributed by atoms with Gasteiger partial charge in [-0.05, 0) is 82.0 Å². The molecule has 0 spiro atoms. The molecule has 0 N–H and O–H groups in total. The summed E-state index contributed by atoms with van der Waals surface area (Å²) in [5.41, 5.74) is 0. The highest BCUT2D eigenvalue weighted by molar-refractivity contribution is 8.00. The zero-order chi connectivity index (χ0) is 28.3. The van der Waals surface area contributed by atoms with Gasteiger partial charge in [0.1, 0.15) is 0 Å². The maximum absolute atomic E-state index is 2.56. The van der Waals surface area contributed by atoms with Crippen LogP contribution in [0.25, 0.3) is 39.0 Å². The molecule has 8 rings (SSSR count). The first kappa shape index (κ1) is 27.1. The lowest BCUT2D eigenvalue weighted by Gasteiger charge is -2.30. The molecular weight excluding hydrogens is 641 g/mol. The Bertz CT molecular complexity index is 1980. The van der Waals surface area contributed by atoms with Gasteiger partial charge in [0.25, 0.3) is 0 Å². The highest BCUT2D eigenvalue weighted by atomic mass is 32.2. The highest BCUT2D eigenvalue weighted by Crippen LogP contribution is 2.47. The first-order valence-electron chi connectivity index (χ1n) is 13.9. The van der Waals surface area contributed by atoms with Gasteiger partial charge in [0.2, 0.25) is 0 Å². The fourth-order valence-corrected chi connectivity index (χ4v) is 18.8. The van der Waals surface area contributed by atoms with Crippen LogP contribution in [0.4, 0.5) is 0 Å². The van der Waals surface area contributed by atoms with E-state index in [1.165, 1.54) is 58.5 Å². The van der Waals surface area contributed by atoms with Gasteiger partial charge in [0.15, 0.2) is 8.07 Å². The minimum absolute atomic E-state index is 1.10. The van der Waals surface area contributed by atoms with Crippen molar-refractivity contribution in [2.45, 2.75) is 17.6 Å². The second-order valence-corrected chi connectivity index (χ2v) is 20.6. The molecule has 0 radical (unpaired) electrons. The van der Waals surface area contributed by atoms with Crippen LogP contribution in [0.1, 0.15) is 11.8 Å². The van der Waals surface area contributed by atoms with Gasteiger partial charge in [-0.1, -0.05) is 67.6 Å². The number of hydrogen-bond acceptors (Lipinski definition) is 6. The Morgan fingerprint density at radius 2 is 1.02 bits per heavy atom. The van der Waals surface area contributed by atoms with E-state index in [0.29, 0.717) is 0 Å². The molecule has 0 aliphatic carbocycles. The van der Waals surface area contributed by atoms with Crippen LogP contribution in [0.15, 0.2) is 113 Å². The third-order valence-corrected chi connectivity index (χ3v) is 20.7. The predicted octanol–water partition coefficient (Wildman–Crippen LogP) is 9.64. The largest absolute Gasteiger partial charge is 0.182 e. The van der Waals surface area contributed by atoms with Crippen LogP contribution in [-0.2, 0) is 6.42 Å². The van der Waals surface area contributed by atoms with Gasteiger partial charge in [-0.15, -0.1) is 68.4 Å². The van der Waals surface area contributed by atoms with E-state index in [1.54, 1.807) is 10.4 Å². The van der Waals surface area contributed by atoms with E-state index >= 15 is 0 Å². The van der Waals surface area contributed by atoms with Crippen molar-refractivity contribution in [2.75, 3.05) is 6.26 Å². The molecular formula is C35H26S6Si. The zero-order valence-corrected chi connectivity index (χ0v) is 28.9. The average molecular weight is 667 g/mol. The Kier molecular flexibility index (Phi) is 7.03. The molecule has 7 aromatic rings. The van der Waals surface area contributed by atoms with Gasteiger partial charge in [0, 0.05) is 43.9 Å². The molecule has 42 heavy (non-hydrogen) atoms. The molecule has 0 amide bonds. The second-order valence-electron chi connectivity index (χ2n) is 10.3. The number of hydrogen-bond donors (Lipinski definition) is 0. The van der Waals surface area contributed by atoms with Crippen molar-refractivity contribution >= 4 is 97.3 Å². The summed E-state index contributed by atoms with van der Waals surface area (Å²) in [6, 6.07) is 41.6. The van der Waals surface area contributed by atoms with E-state index in [-0.39, 0.29) is 0 Å². The maximum Gasteiger partial charge on any atom is 0.182 e. The molecule has 1 aliphatic rings. The normalized spacial score (nSPS) is 13.4. The van der Waals surface area contributed by atoms with Gasteiger partial charge in [-0.3, -0.25) is 0 Å². The van der Waals surface area contributed by atoms with Crippen molar-refractivity contribution in [3.63, 3.8) is 0 Å². The van der Waals surface area contributed by atoms with E-state index < -0.39 is 8.07 Å². The van der Waals surface area contributed by atoms with Crippen molar-refractivity contribution in [3.8, 4) is 39.0 Å². The van der Waals surface area contributed by atoms with Crippen molar-refractivity contribution < 1.29 is 0 Å². The minimum Gasteiger partial charge on any atom is -0.139 e. The Morgan fingerprint density at radius 3 is 1.57 bits per heavy atom. The lowest BCUT2D eigenvalue weighted by molar-refractivity contribution is 1.19. The third kappa shape index (κ3) is 4.25. The summed E-state index contributed by atoms with van der Waals surface area (Å²) in [6.07, 6.45) is 3.31. The molecule has 0 bridgehead atoms. The number of aryl methyl sites for hydroxylation is 1. The molecule has 0 unspecified atom stereocenters. The molecule has 0 nitrogen and oxygen atoms in total. The first-order chi connectivity index (χ1) is 20.7. The van der Waals surface area contributed by atoms with Crippen molar-refractivity contribution in [3.05, 3.63) is 114 Å². The highest BCUT2D eigenvalue weighted by Gasteiger charge is 2.51. The van der Waals surface area contributed by atoms with E-state index in [9.17, 15) is 0 Å². The molecule has 2 aromatic carbocycles. The quantitative estimate of drug-likeness (QED) is 0.121. The summed E-state index contributed by atoms with van der Waals surface area (Å²) in [4.78, 5) is 12.7. The molecule has 7 heteroatoms. The Balaban J connectivity index is 1.25. The van der Waals surface area contributed by atoms with Crippen molar-refractivity contribution in [1.29, 1.82) is 0 Å². The van der Waals surface area contributed by atoms with Crippen molar-refractivity contribution in [2.24, 2.45) is 0 Å².